The molecule has 0 aromatic heterocycles. The molecule has 5 heteroatoms. The summed E-state index contributed by atoms with van der Waals surface area (Å²) in [6, 6.07) is 9.12. The fourth-order valence-corrected chi connectivity index (χ4v) is 3.29. The van der Waals surface area contributed by atoms with Crippen LogP contribution < -0.4 is 5.32 Å². The molecule has 2 N–H and O–H groups in total. The second kappa shape index (κ2) is 7.59. The molecule has 0 saturated heterocycles. The molecule has 1 aliphatic rings. The van der Waals surface area contributed by atoms with Crippen LogP contribution in [0.1, 0.15) is 50.7 Å². The van der Waals surface area contributed by atoms with E-state index >= 15 is 0 Å². The van der Waals surface area contributed by atoms with Gasteiger partial charge in [0.15, 0.2) is 6.10 Å². The van der Waals surface area contributed by atoms with Crippen molar-refractivity contribution in [1.82, 2.24) is 5.32 Å². The summed E-state index contributed by atoms with van der Waals surface area (Å²) in [7, 11) is 1.46. The molecular formula is C18H25NO4. The lowest BCUT2D eigenvalue weighted by molar-refractivity contribution is -0.152. The Hall–Kier alpha value is -1.88. The van der Waals surface area contributed by atoms with Gasteiger partial charge in [0, 0.05) is 7.11 Å². The Balaban J connectivity index is 2.13. The number of hydrogen-bond acceptors (Lipinski definition) is 3. The molecule has 23 heavy (non-hydrogen) atoms. The highest BCUT2D eigenvalue weighted by Gasteiger charge is 2.44. The van der Waals surface area contributed by atoms with Crippen molar-refractivity contribution in [3.63, 3.8) is 0 Å². The number of rotatable bonds is 6. The molecule has 5 nitrogen and oxygen atoms in total. The number of carbonyl (C=O) groups excluding carboxylic acids is 1. The highest BCUT2D eigenvalue weighted by atomic mass is 16.5. The van der Waals surface area contributed by atoms with Gasteiger partial charge in [-0.15, -0.1) is 0 Å². The van der Waals surface area contributed by atoms with Gasteiger partial charge in [0.2, 0.25) is 0 Å². The van der Waals surface area contributed by atoms with E-state index < -0.39 is 23.5 Å². The molecule has 0 heterocycles. The Labute approximate surface area is 137 Å². The minimum atomic E-state index is -1.17. The fourth-order valence-electron chi connectivity index (χ4n) is 3.29. The summed E-state index contributed by atoms with van der Waals surface area (Å²) in [6.07, 6.45) is 2.85. The zero-order valence-electron chi connectivity index (χ0n) is 13.7. The Morgan fingerprint density at radius 2 is 1.91 bits per heavy atom. The molecule has 1 atom stereocenters. The molecular weight excluding hydrogens is 294 g/mol. The van der Waals surface area contributed by atoms with Crippen molar-refractivity contribution in [1.29, 1.82) is 0 Å². The average molecular weight is 319 g/mol. The first-order valence-electron chi connectivity index (χ1n) is 8.15. The lowest BCUT2D eigenvalue weighted by Crippen LogP contribution is -2.57. The smallest absolute Gasteiger partial charge is 0.329 e. The maximum absolute atomic E-state index is 12.6. The normalized spacial score (nSPS) is 25.6. The predicted molar refractivity (Wildman–Crippen MR) is 87.0 cm³/mol. The molecule has 0 bridgehead atoms. The number of carbonyl (C=O) groups is 2. The van der Waals surface area contributed by atoms with Crippen LogP contribution in [0.5, 0.6) is 0 Å². The molecule has 0 spiro atoms. The van der Waals surface area contributed by atoms with Crippen LogP contribution in [0.4, 0.5) is 0 Å². The van der Waals surface area contributed by atoms with Crippen LogP contribution in [0.3, 0.4) is 0 Å². The monoisotopic (exact) mass is 319 g/mol. The molecule has 1 aromatic rings. The fraction of sp³-hybridized carbons (Fsp3) is 0.556. The van der Waals surface area contributed by atoms with Gasteiger partial charge < -0.3 is 15.2 Å². The third kappa shape index (κ3) is 3.91. The van der Waals surface area contributed by atoms with Crippen molar-refractivity contribution in [3.8, 4) is 0 Å². The molecule has 126 valence electrons. The van der Waals surface area contributed by atoms with Crippen LogP contribution >= 0.6 is 0 Å². The lowest BCUT2D eigenvalue weighted by atomic mass is 9.75. The summed E-state index contributed by atoms with van der Waals surface area (Å²) in [4.78, 5) is 24.4. The molecule has 1 aliphatic carbocycles. The number of nitrogens with one attached hydrogen (secondary N) is 1. The number of methoxy groups -OCH3 is 1. The van der Waals surface area contributed by atoms with Crippen molar-refractivity contribution in [3.05, 3.63) is 35.9 Å². The van der Waals surface area contributed by atoms with Crippen molar-refractivity contribution >= 4 is 11.9 Å². The predicted octanol–water partition coefficient (Wildman–Crippen LogP) is 2.91. The SMILES string of the molecule is CCC1CCC(NC(=O)[C@H](OC)c2ccccc2)(C(=O)O)CC1. The first-order valence-corrected chi connectivity index (χ1v) is 8.15. The Kier molecular flexibility index (Phi) is 5.77. The Morgan fingerprint density at radius 3 is 2.39 bits per heavy atom. The van der Waals surface area contributed by atoms with Gasteiger partial charge in [-0.1, -0.05) is 43.7 Å². The van der Waals surface area contributed by atoms with E-state index in [1.807, 2.05) is 18.2 Å². The standard InChI is InChI=1S/C18H25NO4/c1-3-13-9-11-18(12-10-13,17(21)22)19-16(20)15(23-2)14-7-5-4-6-8-14/h4-8,13,15H,3,9-12H2,1-2H3,(H,19,20)(H,21,22)/t13?,15-,18?/m1/s1. The highest BCUT2D eigenvalue weighted by Crippen LogP contribution is 2.34. The molecule has 1 fully saturated rings. The summed E-state index contributed by atoms with van der Waals surface area (Å²) in [6.45, 7) is 2.12. The van der Waals surface area contributed by atoms with Gasteiger partial charge in [0.1, 0.15) is 5.54 Å². The lowest BCUT2D eigenvalue weighted by Gasteiger charge is -2.38. The van der Waals surface area contributed by atoms with E-state index in [1.54, 1.807) is 12.1 Å². The molecule has 0 unspecified atom stereocenters. The van der Waals surface area contributed by atoms with Gasteiger partial charge in [-0.05, 0) is 37.2 Å². The first kappa shape index (κ1) is 17.5. The number of benzene rings is 1. The third-order valence-electron chi connectivity index (χ3n) is 4.88. The van der Waals surface area contributed by atoms with Crippen molar-refractivity contribution < 1.29 is 19.4 Å². The van der Waals surface area contributed by atoms with E-state index in [4.69, 9.17) is 4.74 Å². The second-order valence-corrected chi connectivity index (χ2v) is 6.25. The summed E-state index contributed by atoms with van der Waals surface area (Å²) < 4.78 is 5.30. The van der Waals surface area contributed by atoms with Crippen LogP contribution in [0.15, 0.2) is 30.3 Å². The van der Waals surface area contributed by atoms with E-state index in [9.17, 15) is 14.7 Å². The maximum atomic E-state index is 12.6. The number of carboxylic acid groups (broad SMARTS) is 1. The van der Waals surface area contributed by atoms with Gasteiger partial charge in [0.05, 0.1) is 0 Å². The van der Waals surface area contributed by atoms with E-state index in [1.165, 1.54) is 7.11 Å². The quantitative estimate of drug-likeness (QED) is 0.845. The zero-order valence-corrected chi connectivity index (χ0v) is 13.7. The average Bonchev–Trinajstić information content (AvgIpc) is 2.57. The van der Waals surface area contributed by atoms with Gasteiger partial charge in [-0.25, -0.2) is 4.79 Å². The second-order valence-electron chi connectivity index (χ2n) is 6.25. The molecule has 1 aromatic carbocycles. The number of carboxylic acids is 1. The van der Waals surface area contributed by atoms with E-state index in [-0.39, 0.29) is 0 Å². The molecule has 1 saturated carbocycles. The van der Waals surface area contributed by atoms with Crippen LogP contribution in [-0.4, -0.2) is 29.6 Å². The third-order valence-corrected chi connectivity index (χ3v) is 4.88. The zero-order chi connectivity index (χ0) is 16.9. The number of aliphatic carboxylic acids is 1. The Morgan fingerprint density at radius 1 is 1.30 bits per heavy atom. The van der Waals surface area contributed by atoms with Crippen molar-refractivity contribution in [2.45, 2.75) is 50.7 Å². The minimum Gasteiger partial charge on any atom is -0.480 e. The van der Waals surface area contributed by atoms with Gasteiger partial charge >= 0.3 is 5.97 Å². The number of ether oxygens (including phenoxy) is 1. The van der Waals surface area contributed by atoms with Crippen LogP contribution in [-0.2, 0) is 14.3 Å². The minimum absolute atomic E-state index is 0.393. The van der Waals surface area contributed by atoms with E-state index in [0.717, 1.165) is 24.8 Å². The molecule has 1 amide bonds. The van der Waals surface area contributed by atoms with E-state index in [2.05, 4.69) is 12.2 Å². The van der Waals surface area contributed by atoms with Crippen LogP contribution in [0.25, 0.3) is 0 Å². The van der Waals surface area contributed by atoms with Gasteiger partial charge in [-0.3, -0.25) is 4.79 Å². The van der Waals surface area contributed by atoms with Crippen molar-refractivity contribution in [2.24, 2.45) is 5.92 Å². The maximum Gasteiger partial charge on any atom is 0.329 e. The molecule has 2 rings (SSSR count). The van der Waals surface area contributed by atoms with Gasteiger partial charge in [0.25, 0.3) is 5.91 Å². The summed E-state index contributed by atoms with van der Waals surface area (Å²) in [5, 5.41) is 12.4. The summed E-state index contributed by atoms with van der Waals surface area (Å²) in [5.41, 5.74) is -0.454. The Bertz CT molecular complexity index is 535. The number of amides is 1. The summed E-state index contributed by atoms with van der Waals surface area (Å²) in [5.74, 6) is -0.800. The van der Waals surface area contributed by atoms with Crippen LogP contribution in [0, 0.1) is 5.92 Å². The van der Waals surface area contributed by atoms with Crippen molar-refractivity contribution in [2.75, 3.05) is 7.11 Å². The highest BCUT2D eigenvalue weighted by molar-refractivity contribution is 5.89. The summed E-state index contributed by atoms with van der Waals surface area (Å²) >= 11 is 0. The van der Waals surface area contributed by atoms with E-state index in [0.29, 0.717) is 18.8 Å². The molecule has 0 radical (unpaired) electrons. The number of hydrogen-bond donors (Lipinski definition) is 2. The topological polar surface area (TPSA) is 75.6 Å². The van der Waals surface area contributed by atoms with Crippen LogP contribution in [0.2, 0.25) is 0 Å². The largest absolute Gasteiger partial charge is 0.480 e. The first-order chi connectivity index (χ1) is 11.0. The van der Waals surface area contributed by atoms with Gasteiger partial charge in [-0.2, -0.15) is 0 Å². The molecule has 0 aliphatic heterocycles.